The summed E-state index contributed by atoms with van der Waals surface area (Å²) in [6.45, 7) is 6.61. The molecular weight excluding hydrogens is 124 g/mol. The second-order valence-corrected chi connectivity index (χ2v) is 3.39. The van der Waals surface area contributed by atoms with E-state index in [4.69, 9.17) is 11.5 Å². The van der Waals surface area contributed by atoms with Crippen LogP contribution in [0.2, 0.25) is 0 Å². The monoisotopic (exact) mass is 144 g/mol. The maximum Gasteiger partial charge on any atom is 0.0526 e. The molecule has 0 aromatic heterocycles. The lowest BCUT2D eigenvalue weighted by Crippen LogP contribution is -2.36. The van der Waals surface area contributed by atoms with Crippen LogP contribution < -0.4 is 11.5 Å². The summed E-state index contributed by atoms with van der Waals surface area (Å²) in [5.41, 5.74) is 11.4. The fourth-order valence-electron chi connectivity index (χ4n) is 1.11. The van der Waals surface area contributed by atoms with Gasteiger partial charge in [-0.1, -0.05) is 33.6 Å². The average molecular weight is 144 g/mol. The van der Waals surface area contributed by atoms with Crippen molar-refractivity contribution in [1.29, 1.82) is 0 Å². The molecule has 0 fully saturated rings. The summed E-state index contributed by atoms with van der Waals surface area (Å²) in [6.07, 6.45) is 3.10. The van der Waals surface area contributed by atoms with Crippen LogP contribution >= 0.6 is 0 Å². The molecule has 0 aliphatic heterocycles. The highest BCUT2D eigenvalue weighted by Gasteiger charge is 2.20. The van der Waals surface area contributed by atoms with Gasteiger partial charge in [0.2, 0.25) is 0 Å². The third-order valence-corrected chi connectivity index (χ3v) is 2.44. The van der Waals surface area contributed by atoms with Gasteiger partial charge in [-0.15, -0.1) is 0 Å². The second-order valence-electron chi connectivity index (χ2n) is 3.39. The first kappa shape index (κ1) is 9.92. The van der Waals surface area contributed by atoms with Crippen LogP contribution in [0.1, 0.15) is 40.0 Å². The molecule has 0 heterocycles. The Kier molecular flexibility index (Phi) is 3.91. The maximum absolute atomic E-state index is 5.51. The van der Waals surface area contributed by atoms with E-state index in [0.717, 1.165) is 19.3 Å². The molecule has 0 bridgehead atoms. The summed E-state index contributed by atoms with van der Waals surface area (Å²) in [5, 5.41) is 0. The van der Waals surface area contributed by atoms with Crippen LogP contribution in [-0.4, -0.2) is 6.17 Å². The Bertz CT molecular complexity index is 85.3. The molecule has 0 aromatic rings. The molecule has 0 aliphatic rings. The lowest BCUT2D eigenvalue weighted by molar-refractivity contribution is 0.252. The van der Waals surface area contributed by atoms with Crippen molar-refractivity contribution in [2.24, 2.45) is 16.9 Å². The number of nitrogens with two attached hydrogens (primary N) is 2. The van der Waals surface area contributed by atoms with E-state index in [1.54, 1.807) is 0 Å². The van der Waals surface area contributed by atoms with Crippen molar-refractivity contribution in [3.8, 4) is 0 Å². The number of hydrogen-bond acceptors (Lipinski definition) is 2. The highest BCUT2D eigenvalue weighted by Crippen LogP contribution is 2.29. The van der Waals surface area contributed by atoms with E-state index in [1.165, 1.54) is 0 Å². The molecule has 0 amide bonds. The Morgan fingerprint density at radius 1 is 1.20 bits per heavy atom. The first-order valence-electron chi connectivity index (χ1n) is 4.05. The van der Waals surface area contributed by atoms with Crippen molar-refractivity contribution in [2.45, 2.75) is 46.2 Å². The molecular formula is C8H20N2. The molecule has 0 radical (unpaired) electrons. The minimum absolute atomic E-state index is 0.148. The molecule has 2 nitrogen and oxygen atoms in total. The summed E-state index contributed by atoms with van der Waals surface area (Å²) in [7, 11) is 0. The summed E-state index contributed by atoms with van der Waals surface area (Å²) in [5.74, 6) is 0. The zero-order valence-corrected chi connectivity index (χ0v) is 7.35. The van der Waals surface area contributed by atoms with Crippen molar-refractivity contribution in [3.05, 3.63) is 0 Å². The Morgan fingerprint density at radius 3 is 1.70 bits per heavy atom. The fraction of sp³-hybridized carbons (Fsp3) is 1.00. The Labute approximate surface area is 64.0 Å². The topological polar surface area (TPSA) is 52.0 Å². The molecule has 0 saturated carbocycles. The first-order chi connectivity index (χ1) is 4.54. The van der Waals surface area contributed by atoms with Gasteiger partial charge < -0.3 is 11.5 Å². The SMILES string of the molecule is CCC(C)(CC)CC(N)N. The summed E-state index contributed by atoms with van der Waals surface area (Å²) in [6, 6.07) is 0. The lowest BCUT2D eigenvalue weighted by Gasteiger charge is -2.28. The van der Waals surface area contributed by atoms with Crippen LogP contribution in [0.15, 0.2) is 0 Å². The molecule has 62 valence electrons. The largest absolute Gasteiger partial charge is 0.316 e. The van der Waals surface area contributed by atoms with Crippen molar-refractivity contribution in [3.63, 3.8) is 0 Å². The zero-order valence-electron chi connectivity index (χ0n) is 7.35. The van der Waals surface area contributed by atoms with Gasteiger partial charge in [0.15, 0.2) is 0 Å². The van der Waals surface area contributed by atoms with Gasteiger partial charge in [-0.05, 0) is 11.8 Å². The van der Waals surface area contributed by atoms with E-state index < -0.39 is 0 Å². The summed E-state index contributed by atoms with van der Waals surface area (Å²) >= 11 is 0. The van der Waals surface area contributed by atoms with E-state index in [2.05, 4.69) is 20.8 Å². The van der Waals surface area contributed by atoms with Crippen LogP contribution in [0.5, 0.6) is 0 Å². The van der Waals surface area contributed by atoms with E-state index in [-0.39, 0.29) is 6.17 Å². The minimum Gasteiger partial charge on any atom is -0.316 e. The van der Waals surface area contributed by atoms with Gasteiger partial charge >= 0.3 is 0 Å². The van der Waals surface area contributed by atoms with Crippen LogP contribution in [0.25, 0.3) is 0 Å². The Balaban J connectivity index is 3.80. The van der Waals surface area contributed by atoms with Crippen molar-refractivity contribution in [2.75, 3.05) is 0 Å². The summed E-state index contributed by atoms with van der Waals surface area (Å²) in [4.78, 5) is 0. The second kappa shape index (κ2) is 3.94. The molecule has 10 heavy (non-hydrogen) atoms. The smallest absolute Gasteiger partial charge is 0.0526 e. The van der Waals surface area contributed by atoms with Gasteiger partial charge in [0.1, 0.15) is 0 Å². The fourth-order valence-corrected chi connectivity index (χ4v) is 1.11. The van der Waals surface area contributed by atoms with Crippen LogP contribution in [0.3, 0.4) is 0 Å². The first-order valence-corrected chi connectivity index (χ1v) is 4.05. The molecule has 4 N–H and O–H groups in total. The maximum atomic E-state index is 5.51. The molecule has 0 saturated heterocycles. The van der Waals surface area contributed by atoms with Gasteiger partial charge in [0.25, 0.3) is 0 Å². The van der Waals surface area contributed by atoms with E-state index in [1.807, 2.05) is 0 Å². The van der Waals surface area contributed by atoms with E-state index in [9.17, 15) is 0 Å². The molecule has 0 aliphatic carbocycles. The molecule has 2 heteroatoms. The predicted octanol–water partition coefficient (Wildman–Crippen LogP) is 1.45. The average Bonchev–Trinajstić information content (AvgIpc) is 1.87. The third kappa shape index (κ3) is 3.18. The number of rotatable bonds is 4. The predicted molar refractivity (Wildman–Crippen MR) is 45.5 cm³/mol. The molecule has 0 atom stereocenters. The Hall–Kier alpha value is -0.0800. The lowest BCUT2D eigenvalue weighted by atomic mass is 9.81. The van der Waals surface area contributed by atoms with Crippen LogP contribution in [0, 0.1) is 5.41 Å². The quantitative estimate of drug-likeness (QED) is 0.587. The van der Waals surface area contributed by atoms with Crippen molar-refractivity contribution < 1.29 is 0 Å². The van der Waals surface area contributed by atoms with Crippen LogP contribution in [0.4, 0.5) is 0 Å². The van der Waals surface area contributed by atoms with Gasteiger partial charge in [-0.3, -0.25) is 0 Å². The normalized spacial score (nSPS) is 12.6. The van der Waals surface area contributed by atoms with Crippen LogP contribution in [-0.2, 0) is 0 Å². The minimum atomic E-state index is -0.148. The number of hydrogen-bond donors (Lipinski definition) is 2. The summed E-state index contributed by atoms with van der Waals surface area (Å²) < 4.78 is 0. The van der Waals surface area contributed by atoms with Gasteiger partial charge in [-0.2, -0.15) is 0 Å². The Morgan fingerprint density at radius 2 is 1.60 bits per heavy atom. The van der Waals surface area contributed by atoms with Crippen molar-refractivity contribution in [1.82, 2.24) is 0 Å². The zero-order chi connectivity index (χ0) is 8.20. The molecule has 0 unspecified atom stereocenters. The van der Waals surface area contributed by atoms with E-state index in [0.29, 0.717) is 5.41 Å². The van der Waals surface area contributed by atoms with Gasteiger partial charge in [0, 0.05) is 0 Å². The van der Waals surface area contributed by atoms with Crippen molar-refractivity contribution >= 4 is 0 Å². The highest BCUT2D eigenvalue weighted by atomic mass is 14.8. The van der Waals surface area contributed by atoms with E-state index >= 15 is 0 Å². The van der Waals surface area contributed by atoms with Gasteiger partial charge in [-0.25, -0.2) is 0 Å². The third-order valence-electron chi connectivity index (χ3n) is 2.44. The van der Waals surface area contributed by atoms with Gasteiger partial charge in [0.05, 0.1) is 6.17 Å². The highest BCUT2D eigenvalue weighted by molar-refractivity contribution is 4.73. The molecule has 0 aromatic carbocycles. The molecule has 0 spiro atoms. The molecule has 0 rings (SSSR count). The standard InChI is InChI=1S/C8H20N2/c1-4-8(3,5-2)6-7(9)10/h7H,4-6,9-10H2,1-3H3.